The average Bonchev–Trinajstić information content (AvgIpc) is 3.35. The van der Waals surface area contributed by atoms with Gasteiger partial charge in [-0.15, -0.1) is 0 Å². The summed E-state index contributed by atoms with van der Waals surface area (Å²) in [4.78, 5) is 50.6. The second-order valence-corrected chi connectivity index (χ2v) is 9.85. The number of carbonyl (C=O) groups is 2. The number of aryl methyl sites for hydroxylation is 1. The van der Waals surface area contributed by atoms with Gasteiger partial charge in [0.15, 0.2) is 0 Å². The largest absolute Gasteiger partial charge is 0.351 e. The lowest BCUT2D eigenvalue weighted by Gasteiger charge is -2.31. The maximum atomic E-state index is 13.9. The number of hydrogen-bond donors (Lipinski definition) is 1. The van der Waals surface area contributed by atoms with Crippen molar-refractivity contribution in [3.63, 3.8) is 0 Å². The van der Waals surface area contributed by atoms with E-state index in [1.807, 2.05) is 42.2 Å². The monoisotopic (exact) mass is 488 g/mol. The normalized spacial score (nSPS) is 18.6. The third-order valence-electron chi connectivity index (χ3n) is 7.46. The van der Waals surface area contributed by atoms with Crippen LogP contribution in [0.15, 0.2) is 41.3 Å². The molecule has 2 aliphatic heterocycles. The van der Waals surface area contributed by atoms with Gasteiger partial charge in [-0.3, -0.25) is 19.0 Å². The van der Waals surface area contributed by atoms with E-state index in [9.17, 15) is 14.4 Å². The second kappa shape index (κ2) is 9.72. The number of aromatic nitrogens is 3. The minimum atomic E-state index is -0.158. The van der Waals surface area contributed by atoms with Gasteiger partial charge in [0.05, 0.1) is 6.04 Å². The molecule has 2 fully saturated rings. The Morgan fingerprint density at radius 3 is 2.33 bits per heavy atom. The molecule has 1 N–H and O–H groups in total. The lowest BCUT2D eigenvalue weighted by molar-refractivity contribution is -0.130. The number of nitrogens with zero attached hydrogens (tertiary/aromatic N) is 5. The number of anilines is 1. The summed E-state index contributed by atoms with van der Waals surface area (Å²) >= 11 is 0. The molecule has 0 spiro atoms. The molecule has 1 atom stereocenters. The minimum Gasteiger partial charge on any atom is -0.351 e. The Kier molecular flexibility index (Phi) is 6.47. The summed E-state index contributed by atoms with van der Waals surface area (Å²) in [6.07, 6.45) is 4.10. The molecular formula is C27H32N6O3. The van der Waals surface area contributed by atoms with E-state index in [0.717, 1.165) is 29.4 Å². The lowest BCUT2D eigenvalue weighted by Crippen LogP contribution is -2.41. The van der Waals surface area contributed by atoms with Crippen molar-refractivity contribution in [2.45, 2.75) is 52.1 Å². The molecule has 5 rings (SSSR count). The van der Waals surface area contributed by atoms with Gasteiger partial charge in [0, 0.05) is 63.2 Å². The Morgan fingerprint density at radius 2 is 1.67 bits per heavy atom. The van der Waals surface area contributed by atoms with Crippen LogP contribution in [0, 0.1) is 6.92 Å². The first-order chi connectivity index (χ1) is 17.3. The second-order valence-electron chi connectivity index (χ2n) is 9.85. The fourth-order valence-electron chi connectivity index (χ4n) is 5.36. The molecule has 4 heterocycles. The van der Waals surface area contributed by atoms with Gasteiger partial charge in [0.1, 0.15) is 5.65 Å². The van der Waals surface area contributed by atoms with Gasteiger partial charge < -0.3 is 15.1 Å². The maximum Gasteiger partial charge on any atom is 0.260 e. The third kappa shape index (κ3) is 4.57. The lowest BCUT2D eigenvalue weighted by atomic mass is 10.0. The Hall–Kier alpha value is -3.75. The van der Waals surface area contributed by atoms with Crippen LogP contribution in [0.5, 0.6) is 0 Å². The van der Waals surface area contributed by atoms with E-state index in [1.54, 1.807) is 29.5 Å². The highest BCUT2D eigenvalue weighted by Crippen LogP contribution is 2.28. The summed E-state index contributed by atoms with van der Waals surface area (Å²) in [6.45, 7) is 7.67. The molecule has 2 aromatic heterocycles. The topological polar surface area (TPSA) is 100 Å². The number of hydrogen-bond acceptors (Lipinski definition) is 6. The molecule has 2 amide bonds. The minimum absolute atomic E-state index is 0.0128. The van der Waals surface area contributed by atoms with Gasteiger partial charge in [0.2, 0.25) is 17.8 Å². The Morgan fingerprint density at radius 1 is 0.972 bits per heavy atom. The number of fused-ring (bicyclic) bond motifs is 1. The summed E-state index contributed by atoms with van der Waals surface area (Å²) < 4.78 is 1.77. The van der Waals surface area contributed by atoms with Gasteiger partial charge in [-0.1, -0.05) is 24.3 Å². The molecule has 1 aromatic carbocycles. The van der Waals surface area contributed by atoms with Crippen LogP contribution < -0.4 is 10.9 Å². The van der Waals surface area contributed by atoms with E-state index < -0.39 is 0 Å². The number of carbonyl (C=O) groups excluding carboxylic acids is 2. The number of benzene rings is 1. The number of pyridine rings is 1. The summed E-state index contributed by atoms with van der Waals surface area (Å²) in [5.74, 6) is 0.584. The predicted molar refractivity (Wildman–Crippen MR) is 139 cm³/mol. The summed E-state index contributed by atoms with van der Waals surface area (Å²) in [5, 5.41) is 4.20. The highest BCUT2D eigenvalue weighted by Gasteiger charge is 2.29. The van der Waals surface area contributed by atoms with Crippen LogP contribution in [0.3, 0.4) is 0 Å². The fraction of sp³-hybridized carbons (Fsp3) is 0.444. The van der Waals surface area contributed by atoms with E-state index in [4.69, 9.17) is 4.98 Å². The van der Waals surface area contributed by atoms with Crippen LogP contribution >= 0.6 is 0 Å². The number of piperidine rings is 1. The average molecular weight is 489 g/mol. The first-order valence-corrected chi connectivity index (χ1v) is 12.6. The first-order valence-electron chi connectivity index (χ1n) is 12.6. The molecule has 2 aliphatic rings. The van der Waals surface area contributed by atoms with E-state index in [2.05, 4.69) is 10.3 Å². The zero-order valence-corrected chi connectivity index (χ0v) is 21.0. The number of nitrogens with one attached hydrogen (secondary N) is 1. The molecule has 3 aromatic rings. The molecule has 36 heavy (non-hydrogen) atoms. The van der Waals surface area contributed by atoms with Crippen LogP contribution in [-0.4, -0.2) is 68.4 Å². The van der Waals surface area contributed by atoms with Crippen molar-refractivity contribution >= 4 is 28.8 Å². The molecule has 0 unspecified atom stereocenters. The molecule has 2 saturated heterocycles. The Labute approximate surface area is 210 Å². The molecule has 188 valence electrons. The van der Waals surface area contributed by atoms with Crippen molar-refractivity contribution in [1.82, 2.24) is 24.3 Å². The standard InChI is InChI=1S/C27H32N6O3/c1-17-6-4-5-7-23(17)24-14-20-15-28-27(29-21-8-11-31(12-9-21)18(2)34)30-25(20)33(26(24)36)22-10-13-32(16-22)19(3)35/h4-7,14-15,21-22H,8-13,16H2,1-3H3,(H,28,29,30)/t22-/m0/s1. The summed E-state index contributed by atoms with van der Waals surface area (Å²) in [6, 6.07) is 9.73. The van der Waals surface area contributed by atoms with Gasteiger partial charge in [0.25, 0.3) is 5.56 Å². The van der Waals surface area contributed by atoms with Crippen LogP contribution in [0.4, 0.5) is 5.95 Å². The fourth-order valence-corrected chi connectivity index (χ4v) is 5.36. The van der Waals surface area contributed by atoms with Crippen LogP contribution in [0.2, 0.25) is 0 Å². The van der Waals surface area contributed by atoms with Crippen molar-refractivity contribution < 1.29 is 9.59 Å². The van der Waals surface area contributed by atoms with Crippen molar-refractivity contribution in [3.05, 3.63) is 52.4 Å². The number of amides is 2. The Bertz CT molecular complexity index is 1380. The van der Waals surface area contributed by atoms with Crippen molar-refractivity contribution in [2.75, 3.05) is 31.5 Å². The number of rotatable bonds is 4. The molecule has 0 bridgehead atoms. The van der Waals surface area contributed by atoms with Gasteiger partial charge in [-0.05, 0) is 43.4 Å². The van der Waals surface area contributed by atoms with Crippen LogP contribution in [0.25, 0.3) is 22.2 Å². The van der Waals surface area contributed by atoms with Gasteiger partial charge >= 0.3 is 0 Å². The van der Waals surface area contributed by atoms with Crippen molar-refractivity contribution in [3.8, 4) is 11.1 Å². The van der Waals surface area contributed by atoms with Gasteiger partial charge in [-0.2, -0.15) is 4.98 Å². The third-order valence-corrected chi connectivity index (χ3v) is 7.46. The van der Waals surface area contributed by atoms with Crippen LogP contribution in [-0.2, 0) is 9.59 Å². The quantitative estimate of drug-likeness (QED) is 0.606. The maximum absolute atomic E-state index is 13.9. The Balaban J connectivity index is 1.55. The molecular weight excluding hydrogens is 456 g/mol. The zero-order valence-electron chi connectivity index (χ0n) is 21.0. The number of likely N-dealkylation sites (tertiary alicyclic amines) is 2. The SMILES string of the molecule is CC(=O)N1CCC(Nc2ncc3cc(-c4ccccc4C)c(=O)n([C@H]4CCN(C(C)=O)C4)c3n2)CC1. The van der Waals surface area contributed by atoms with E-state index >= 15 is 0 Å². The molecule has 0 radical (unpaired) electrons. The highest BCUT2D eigenvalue weighted by molar-refractivity contribution is 5.82. The van der Waals surface area contributed by atoms with Gasteiger partial charge in [-0.25, -0.2) is 4.98 Å². The molecule has 0 saturated carbocycles. The van der Waals surface area contributed by atoms with Crippen molar-refractivity contribution in [2.24, 2.45) is 0 Å². The van der Waals surface area contributed by atoms with Crippen LogP contribution in [0.1, 0.15) is 44.7 Å². The summed E-state index contributed by atoms with van der Waals surface area (Å²) in [5.41, 5.74) is 2.99. The molecule has 9 nitrogen and oxygen atoms in total. The van der Waals surface area contributed by atoms with E-state index in [1.165, 1.54) is 0 Å². The molecule has 9 heteroatoms. The predicted octanol–water partition coefficient (Wildman–Crippen LogP) is 2.98. The smallest absolute Gasteiger partial charge is 0.260 e. The summed E-state index contributed by atoms with van der Waals surface area (Å²) in [7, 11) is 0. The van der Waals surface area contributed by atoms with E-state index in [0.29, 0.717) is 49.8 Å². The molecule has 0 aliphatic carbocycles. The van der Waals surface area contributed by atoms with E-state index in [-0.39, 0.29) is 29.5 Å². The van der Waals surface area contributed by atoms with Crippen molar-refractivity contribution in [1.29, 1.82) is 0 Å². The zero-order chi connectivity index (χ0) is 25.4. The first kappa shape index (κ1) is 24.0. The highest BCUT2D eigenvalue weighted by atomic mass is 16.2.